The topological polar surface area (TPSA) is 46.2 Å². The first-order valence-electron chi connectivity index (χ1n) is 4.37. The number of carbonyl (C=O) groups is 2. The summed E-state index contributed by atoms with van der Waals surface area (Å²) in [6.07, 6.45) is 1.48. The average molecular weight is 309 g/mol. The molecule has 0 radical (unpaired) electrons. The Hall–Kier alpha value is -0.680. The number of hydrogen-bond donors (Lipinski definition) is 1. The van der Waals surface area contributed by atoms with Gasteiger partial charge < -0.3 is 0 Å². The van der Waals surface area contributed by atoms with Crippen LogP contribution in [0, 0.1) is 0 Å². The number of rotatable bonds is 1. The van der Waals surface area contributed by atoms with Crippen LogP contribution in [0.5, 0.6) is 0 Å². The van der Waals surface area contributed by atoms with Gasteiger partial charge in [-0.2, -0.15) is 0 Å². The lowest BCUT2D eigenvalue weighted by molar-refractivity contribution is -0.115. The third-order valence-corrected chi connectivity index (χ3v) is 3.80. The number of imide groups is 1. The summed E-state index contributed by atoms with van der Waals surface area (Å²) >= 11 is 18.4. The molecule has 17 heavy (non-hydrogen) atoms. The molecule has 3 nitrogen and oxygen atoms in total. The van der Waals surface area contributed by atoms with Gasteiger partial charge in [0.2, 0.25) is 0 Å². The summed E-state index contributed by atoms with van der Waals surface area (Å²) in [5, 5.41) is 2.72. The number of nitrogens with one attached hydrogen (secondary N) is 1. The third-order valence-electron chi connectivity index (χ3n) is 1.95. The van der Waals surface area contributed by atoms with E-state index in [2.05, 4.69) is 5.32 Å². The Morgan fingerprint density at radius 2 is 1.88 bits per heavy atom. The van der Waals surface area contributed by atoms with Crippen LogP contribution in [0.15, 0.2) is 17.0 Å². The molecule has 0 aromatic heterocycles. The molecule has 88 valence electrons. The molecule has 0 unspecified atom stereocenters. The highest BCUT2D eigenvalue weighted by atomic mass is 35.5. The van der Waals surface area contributed by atoms with Crippen LogP contribution in [0.25, 0.3) is 6.08 Å². The van der Waals surface area contributed by atoms with Gasteiger partial charge in [0.05, 0.1) is 15.0 Å². The van der Waals surface area contributed by atoms with Crippen LogP contribution in [-0.4, -0.2) is 11.1 Å². The van der Waals surface area contributed by atoms with E-state index in [1.807, 2.05) is 0 Å². The van der Waals surface area contributed by atoms with Gasteiger partial charge in [-0.3, -0.25) is 14.9 Å². The van der Waals surface area contributed by atoms with Crippen molar-refractivity contribution in [1.82, 2.24) is 5.32 Å². The zero-order valence-electron chi connectivity index (χ0n) is 8.09. The number of benzene rings is 1. The highest BCUT2D eigenvalue weighted by Crippen LogP contribution is 2.33. The van der Waals surface area contributed by atoms with Gasteiger partial charge in [-0.1, -0.05) is 34.8 Å². The third kappa shape index (κ3) is 2.77. The van der Waals surface area contributed by atoms with Crippen LogP contribution in [0.2, 0.25) is 15.1 Å². The smallest absolute Gasteiger partial charge is 0.282 e. The van der Waals surface area contributed by atoms with Gasteiger partial charge in [-0.15, -0.1) is 0 Å². The van der Waals surface area contributed by atoms with Gasteiger partial charge in [0.15, 0.2) is 0 Å². The standard InChI is InChI=1S/C10H4Cl3NO2S/c11-5-1-4(8(13)6(12)3-5)2-7-9(15)14-10(16)17-7/h1-3H,(H,14,15,16). The molecule has 7 heteroatoms. The fourth-order valence-corrected chi connectivity index (χ4v) is 2.59. The SMILES string of the molecule is O=C1NC(=O)C(=Cc2cc(Cl)cc(Cl)c2Cl)S1. The Kier molecular flexibility index (Phi) is 3.68. The van der Waals surface area contributed by atoms with Crippen molar-refractivity contribution in [2.75, 3.05) is 0 Å². The van der Waals surface area contributed by atoms with E-state index in [0.717, 1.165) is 11.8 Å². The van der Waals surface area contributed by atoms with Crippen molar-refractivity contribution in [3.05, 3.63) is 37.7 Å². The summed E-state index contributed by atoms with van der Waals surface area (Å²) in [6.45, 7) is 0. The Labute approximate surface area is 116 Å². The van der Waals surface area contributed by atoms with Crippen molar-refractivity contribution >= 4 is 63.8 Å². The van der Waals surface area contributed by atoms with E-state index < -0.39 is 11.1 Å². The van der Waals surface area contributed by atoms with Crippen LogP contribution in [-0.2, 0) is 4.79 Å². The Balaban J connectivity index is 2.46. The van der Waals surface area contributed by atoms with Crippen molar-refractivity contribution in [2.24, 2.45) is 0 Å². The maximum atomic E-state index is 11.3. The van der Waals surface area contributed by atoms with Crippen LogP contribution in [0.1, 0.15) is 5.56 Å². The first kappa shape index (κ1) is 12.8. The molecule has 2 amide bonds. The molecule has 0 spiro atoms. The van der Waals surface area contributed by atoms with Crippen molar-refractivity contribution in [3.63, 3.8) is 0 Å². The van der Waals surface area contributed by atoms with E-state index >= 15 is 0 Å². The number of thioether (sulfide) groups is 1. The second-order valence-corrected chi connectivity index (χ2v) is 5.38. The minimum Gasteiger partial charge on any atom is -0.282 e. The minimum absolute atomic E-state index is 0.259. The molecule has 1 aromatic carbocycles. The zero-order chi connectivity index (χ0) is 12.6. The summed E-state index contributed by atoms with van der Waals surface area (Å²) < 4.78 is 0. The molecule has 1 N–H and O–H groups in total. The molecular weight excluding hydrogens is 305 g/mol. The fourth-order valence-electron chi connectivity index (χ4n) is 1.24. The molecule has 0 bridgehead atoms. The summed E-state index contributed by atoms with van der Waals surface area (Å²) in [6, 6.07) is 3.07. The average Bonchev–Trinajstić information content (AvgIpc) is 2.53. The summed E-state index contributed by atoms with van der Waals surface area (Å²) in [5.74, 6) is -0.452. The summed E-state index contributed by atoms with van der Waals surface area (Å²) in [5.41, 5.74) is 0.497. The molecule has 1 heterocycles. The Morgan fingerprint density at radius 3 is 2.47 bits per heavy atom. The minimum atomic E-state index is -0.452. The van der Waals surface area contributed by atoms with E-state index in [1.54, 1.807) is 6.07 Å². The van der Waals surface area contributed by atoms with Gasteiger partial charge in [0.25, 0.3) is 11.1 Å². The lowest BCUT2D eigenvalue weighted by Crippen LogP contribution is -2.17. The molecule has 0 aliphatic carbocycles. The first-order chi connectivity index (χ1) is 7.97. The van der Waals surface area contributed by atoms with E-state index in [1.165, 1.54) is 12.1 Å². The van der Waals surface area contributed by atoms with Gasteiger partial charge in [-0.25, -0.2) is 0 Å². The molecule has 0 saturated carbocycles. The lowest BCUT2D eigenvalue weighted by Gasteiger charge is -2.02. The number of amides is 2. The lowest BCUT2D eigenvalue weighted by atomic mass is 10.2. The van der Waals surface area contributed by atoms with E-state index in [4.69, 9.17) is 34.8 Å². The van der Waals surface area contributed by atoms with E-state index in [0.29, 0.717) is 15.6 Å². The Bertz CT molecular complexity index is 557. The molecule has 1 aliphatic heterocycles. The van der Waals surface area contributed by atoms with Crippen LogP contribution < -0.4 is 5.32 Å². The Morgan fingerprint density at radius 1 is 1.18 bits per heavy atom. The number of carbonyl (C=O) groups excluding carboxylic acids is 2. The largest absolute Gasteiger partial charge is 0.290 e. The van der Waals surface area contributed by atoms with Gasteiger partial charge in [0.1, 0.15) is 0 Å². The summed E-state index contributed by atoms with van der Waals surface area (Å²) in [4.78, 5) is 22.6. The van der Waals surface area contributed by atoms with Crippen molar-refractivity contribution in [2.45, 2.75) is 0 Å². The predicted octanol–water partition coefficient (Wildman–Crippen LogP) is 3.97. The second-order valence-electron chi connectivity index (χ2n) is 3.14. The van der Waals surface area contributed by atoms with Gasteiger partial charge in [-0.05, 0) is 35.5 Å². The molecule has 1 saturated heterocycles. The van der Waals surface area contributed by atoms with Gasteiger partial charge in [0, 0.05) is 5.02 Å². The first-order valence-corrected chi connectivity index (χ1v) is 6.32. The molecule has 2 rings (SSSR count). The normalized spacial score (nSPS) is 17.7. The highest BCUT2D eigenvalue weighted by Gasteiger charge is 2.25. The summed E-state index contributed by atoms with van der Waals surface area (Å²) in [7, 11) is 0. The van der Waals surface area contributed by atoms with Gasteiger partial charge >= 0.3 is 0 Å². The van der Waals surface area contributed by atoms with Crippen LogP contribution >= 0.6 is 46.6 Å². The monoisotopic (exact) mass is 307 g/mol. The molecule has 1 fully saturated rings. The van der Waals surface area contributed by atoms with E-state index in [-0.39, 0.29) is 9.93 Å². The van der Waals surface area contributed by atoms with Crippen molar-refractivity contribution in [1.29, 1.82) is 0 Å². The zero-order valence-corrected chi connectivity index (χ0v) is 11.2. The molecular formula is C10H4Cl3NO2S. The van der Waals surface area contributed by atoms with Crippen LogP contribution in [0.3, 0.4) is 0 Å². The quantitative estimate of drug-likeness (QED) is 0.631. The fraction of sp³-hybridized carbons (Fsp3) is 0. The number of halogens is 3. The highest BCUT2D eigenvalue weighted by molar-refractivity contribution is 8.18. The maximum absolute atomic E-state index is 11.3. The van der Waals surface area contributed by atoms with Crippen molar-refractivity contribution in [3.8, 4) is 0 Å². The second kappa shape index (κ2) is 4.90. The molecule has 1 aromatic rings. The van der Waals surface area contributed by atoms with Crippen molar-refractivity contribution < 1.29 is 9.59 Å². The maximum Gasteiger partial charge on any atom is 0.290 e. The number of hydrogen-bond acceptors (Lipinski definition) is 3. The molecule has 1 aliphatic rings. The van der Waals surface area contributed by atoms with E-state index in [9.17, 15) is 9.59 Å². The molecule has 0 atom stereocenters. The predicted molar refractivity (Wildman–Crippen MR) is 70.6 cm³/mol. The van der Waals surface area contributed by atoms with Crippen LogP contribution in [0.4, 0.5) is 4.79 Å².